The van der Waals surface area contributed by atoms with E-state index in [1.165, 1.54) is 6.20 Å². The lowest BCUT2D eigenvalue weighted by atomic mass is 10.4. The van der Waals surface area contributed by atoms with E-state index in [0.29, 0.717) is 17.9 Å². The Morgan fingerprint density at radius 3 is 2.92 bits per heavy atom. The number of hydrogen-bond donors (Lipinski definition) is 0. The van der Waals surface area contributed by atoms with Gasteiger partial charge in [-0.2, -0.15) is 0 Å². The molecule has 1 rings (SSSR count). The van der Waals surface area contributed by atoms with Crippen molar-refractivity contribution in [2.45, 2.75) is 6.42 Å². The van der Waals surface area contributed by atoms with Crippen LogP contribution in [0, 0.1) is 0 Å². The van der Waals surface area contributed by atoms with Crippen molar-refractivity contribution in [3.05, 3.63) is 17.8 Å². The second-order valence-electron chi connectivity index (χ2n) is 2.83. The first-order valence-corrected chi connectivity index (χ1v) is 3.77. The summed E-state index contributed by atoms with van der Waals surface area (Å²) in [5.41, 5.74) is 0. The molecule has 66 valence electrons. The molecule has 1 aromatic rings. The molecule has 4 heteroatoms. The van der Waals surface area contributed by atoms with Crippen LogP contribution in [0.5, 0.6) is 0 Å². The third-order valence-corrected chi connectivity index (χ3v) is 1.46. The molecule has 0 amide bonds. The topological polar surface area (TPSA) is 46.3 Å². The van der Waals surface area contributed by atoms with E-state index in [1.807, 2.05) is 19.0 Å². The average Bonchev–Trinajstić information content (AvgIpc) is 2.48. The van der Waals surface area contributed by atoms with E-state index in [4.69, 9.17) is 4.42 Å². The molecule has 0 unspecified atom stereocenters. The molecule has 0 aromatic carbocycles. The van der Waals surface area contributed by atoms with Gasteiger partial charge in [0.2, 0.25) is 0 Å². The highest BCUT2D eigenvalue weighted by atomic mass is 16.4. The number of nitrogens with zero attached hydrogens (tertiary/aromatic N) is 2. The van der Waals surface area contributed by atoms with Crippen LogP contribution in [0.3, 0.4) is 0 Å². The van der Waals surface area contributed by atoms with Crippen molar-refractivity contribution in [1.82, 2.24) is 9.88 Å². The largest absolute Gasteiger partial charge is 0.438 e. The number of carbonyl (C=O) groups excluding carboxylic acids is 1. The maximum atomic E-state index is 10.2. The van der Waals surface area contributed by atoms with Crippen LogP contribution in [0.4, 0.5) is 0 Å². The van der Waals surface area contributed by atoms with Gasteiger partial charge in [-0.3, -0.25) is 4.79 Å². The Morgan fingerprint density at radius 1 is 1.67 bits per heavy atom. The Morgan fingerprint density at radius 2 is 2.42 bits per heavy atom. The number of aromatic nitrogens is 1. The van der Waals surface area contributed by atoms with Crippen molar-refractivity contribution in [3.63, 3.8) is 0 Å². The molecule has 0 aliphatic rings. The minimum absolute atomic E-state index is 0.295. The molecule has 0 bridgehead atoms. The number of rotatable bonds is 4. The predicted octanol–water partition coefficient (Wildman–Crippen LogP) is 0.591. The predicted molar refractivity (Wildman–Crippen MR) is 44.1 cm³/mol. The van der Waals surface area contributed by atoms with Crippen LogP contribution < -0.4 is 0 Å². The lowest BCUT2D eigenvalue weighted by Crippen LogP contribution is -2.15. The van der Waals surface area contributed by atoms with E-state index in [1.54, 1.807) is 0 Å². The van der Waals surface area contributed by atoms with E-state index < -0.39 is 0 Å². The lowest BCUT2D eigenvalue weighted by molar-refractivity contribution is 0.109. The summed E-state index contributed by atoms with van der Waals surface area (Å²) in [4.78, 5) is 16.2. The minimum atomic E-state index is 0.295. The Bertz CT molecular complexity index is 255. The van der Waals surface area contributed by atoms with Crippen LogP contribution in [0.25, 0.3) is 0 Å². The SMILES string of the molecule is CN(C)CCc1ncc(C=O)o1. The molecule has 0 N–H and O–H groups in total. The number of likely N-dealkylation sites (N-methyl/N-ethyl adjacent to an activating group) is 1. The zero-order valence-electron chi connectivity index (χ0n) is 7.28. The quantitative estimate of drug-likeness (QED) is 0.617. The van der Waals surface area contributed by atoms with Gasteiger partial charge in [-0.15, -0.1) is 0 Å². The first-order chi connectivity index (χ1) is 5.72. The van der Waals surface area contributed by atoms with Crippen LogP contribution in [-0.2, 0) is 6.42 Å². The summed E-state index contributed by atoms with van der Waals surface area (Å²) < 4.78 is 5.08. The van der Waals surface area contributed by atoms with Crippen LogP contribution in [0.1, 0.15) is 16.4 Å². The first-order valence-electron chi connectivity index (χ1n) is 3.77. The van der Waals surface area contributed by atoms with Gasteiger partial charge in [-0.25, -0.2) is 4.98 Å². The van der Waals surface area contributed by atoms with Gasteiger partial charge in [0.15, 0.2) is 17.9 Å². The van der Waals surface area contributed by atoms with Crippen LogP contribution >= 0.6 is 0 Å². The number of aldehydes is 1. The normalized spacial score (nSPS) is 10.6. The van der Waals surface area contributed by atoms with Crippen LogP contribution in [-0.4, -0.2) is 36.8 Å². The first kappa shape index (κ1) is 8.93. The zero-order chi connectivity index (χ0) is 8.97. The molecule has 4 nitrogen and oxygen atoms in total. The van der Waals surface area contributed by atoms with Gasteiger partial charge in [0, 0.05) is 13.0 Å². The second-order valence-corrected chi connectivity index (χ2v) is 2.83. The summed E-state index contributed by atoms with van der Waals surface area (Å²) in [5, 5.41) is 0. The van der Waals surface area contributed by atoms with Crippen molar-refractivity contribution in [3.8, 4) is 0 Å². The smallest absolute Gasteiger partial charge is 0.196 e. The van der Waals surface area contributed by atoms with Crippen molar-refractivity contribution >= 4 is 6.29 Å². The van der Waals surface area contributed by atoms with E-state index in [9.17, 15) is 4.79 Å². The minimum Gasteiger partial charge on any atom is -0.438 e. The highest BCUT2D eigenvalue weighted by molar-refractivity contribution is 5.69. The molecular formula is C8H12N2O2. The second kappa shape index (κ2) is 4.01. The van der Waals surface area contributed by atoms with Gasteiger partial charge in [0.1, 0.15) is 0 Å². The Balaban J connectivity index is 2.47. The molecule has 0 aliphatic carbocycles. The van der Waals surface area contributed by atoms with Crippen molar-refractivity contribution < 1.29 is 9.21 Å². The molecule has 0 atom stereocenters. The Hall–Kier alpha value is -1.16. The van der Waals surface area contributed by atoms with Crippen molar-refractivity contribution in [2.75, 3.05) is 20.6 Å². The van der Waals surface area contributed by atoms with Crippen molar-refractivity contribution in [2.24, 2.45) is 0 Å². The molecule has 0 aliphatic heterocycles. The maximum absolute atomic E-state index is 10.2. The molecular weight excluding hydrogens is 156 g/mol. The monoisotopic (exact) mass is 168 g/mol. The molecule has 0 fully saturated rings. The summed E-state index contributed by atoms with van der Waals surface area (Å²) >= 11 is 0. The molecule has 0 radical (unpaired) electrons. The molecule has 0 saturated carbocycles. The van der Waals surface area contributed by atoms with Gasteiger partial charge in [0.05, 0.1) is 6.20 Å². The van der Waals surface area contributed by atoms with Gasteiger partial charge in [-0.05, 0) is 14.1 Å². The molecule has 12 heavy (non-hydrogen) atoms. The summed E-state index contributed by atoms with van der Waals surface area (Å²) in [6, 6.07) is 0. The molecule has 0 saturated heterocycles. The third-order valence-electron chi connectivity index (χ3n) is 1.46. The van der Waals surface area contributed by atoms with E-state index in [0.717, 1.165) is 13.0 Å². The van der Waals surface area contributed by atoms with E-state index in [2.05, 4.69) is 4.98 Å². The maximum Gasteiger partial charge on any atom is 0.196 e. The van der Waals surface area contributed by atoms with Crippen LogP contribution in [0.2, 0.25) is 0 Å². The lowest BCUT2D eigenvalue weighted by Gasteiger charge is -2.05. The standard InChI is InChI=1S/C8H12N2O2/c1-10(2)4-3-8-9-5-7(6-11)12-8/h5-6H,3-4H2,1-2H3. The summed E-state index contributed by atoms with van der Waals surface area (Å²) in [7, 11) is 3.95. The van der Waals surface area contributed by atoms with Crippen molar-refractivity contribution in [1.29, 1.82) is 0 Å². The highest BCUT2D eigenvalue weighted by Crippen LogP contribution is 2.01. The van der Waals surface area contributed by atoms with Crippen LogP contribution in [0.15, 0.2) is 10.6 Å². The average molecular weight is 168 g/mol. The van der Waals surface area contributed by atoms with Gasteiger partial charge < -0.3 is 9.32 Å². The molecule has 1 heterocycles. The Kier molecular flexibility index (Phi) is 2.99. The Labute approximate surface area is 71.2 Å². The molecule has 0 spiro atoms. The van der Waals surface area contributed by atoms with Gasteiger partial charge in [0.25, 0.3) is 0 Å². The number of hydrogen-bond acceptors (Lipinski definition) is 4. The van der Waals surface area contributed by atoms with E-state index >= 15 is 0 Å². The van der Waals surface area contributed by atoms with E-state index in [-0.39, 0.29) is 0 Å². The number of carbonyl (C=O) groups is 1. The highest BCUT2D eigenvalue weighted by Gasteiger charge is 2.02. The third kappa shape index (κ3) is 2.47. The summed E-state index contributed by atoms with van der Waals surface area (Å²) in [6.45, 7) is 0.874. The fraction of sp³-hybridized carbons (Fsp3) is 0.500. The molecule has 1 aromatic heterocycles. The summed E-state index contributed by atoms with van der Waals surface area (Å²) in [5.74, 6) is 0.912. The fourth-order valence-electron chi connectivity index (χ4n) is 0.814. The summed E-state index contributed by atoms with van der Waals surface area (Å²) in [6.07, 6.45) is 2.84. The van der Waals surface area contributed by atoms with Gasteiger partial charge >= 0.3 is 0 Å². The fourth-order valence-corrected chi connectivity index (χ4v) is 0.814. The number of oxazole rings is 1. The zero-order valence-corrected chi connectivity index (χ0v) is 7.28. The van der Waals surface area contributed by atoms with Gasteiger partial charge in [-0.1, -0.05) is 0 Å².